The molecule has 1 aliphatic rings. The number of carbonyl (C=O) groups is 1. The van der Waals surface area contributed by atoms with Gasteiger partial charge in [-0.25, -0.2) is 4.79 Å². The summed E-state index contributed by atoms with van der Waals surface area (Å²) in [5.41, 5.74) is 0.292. The highest BCUT2D eigenvalue weighted by atomic mass is 17.2. The Hall–Kier alpha value is -1.75. The van der Waals surface area contributed by atoms with Crippen LogP contribution in [-0.2, 0) is 9.78 Å². The first-order chi connectivity index (χ1) is 12.8. The van der Waals surface area contributed by atoms with Crippen LogP contribution in [0.2, 0.25) is 0 Å². The molecule has 0 atom stereocenters. The highest BCUT2D eigenvalue weighted by molar-refractivity contribution is 5.93. The molecule has 0 saturated heterocycles. The average molecular weight is 363 g/mol. The smallest absolute Gasteiger partial charge is 0.376 e. The van der Waals surface area contributed by atoms with Crippen LogP contribution in [-0.4, -0.2) is 20.2 Å². The summed E-state index contributed by atoms with van der Waals surface area (Å²) >= 11 is 0. The van der Waals surface area contributed by atoms with Crippen LogP contribution in [0, 0.1) is 6.10 Å². The van der Waals surface area contributed by atoms with Gasteiger partial charge in [0.05, 0.1) is 14.2 Å². The summed E-state index contributed by atoms with van der Waals surface area (Å²) in [5, 5.41) is 0. The van der Waals surface area contributed by atoms with Crippen LogP contribution in [0.4, 0.5) is 0 Å². The Morgan fingerprint density at radius 3 is 1.92 bits per heavy atom. The third-order valence-electron chi connectivity index (χ3n) is 4.77. The van der Waals surface area contributed by atoms with Crippen molar-refractivity contribution in [2.45, 2.75) is 70.6 Å². The lowest BCUT2D eigenvalue weighted by Crippen LogP contribution is -2.12. The van der Waals surface area contributed by atoms with Gasteiger partial charge in [-0.15, -0.1) is 0 Å². The molecule has 2 rings (SSSR count). The molecular formula is C21H31O5. The van der Waals surface area contributed by atoms with Crippen LogP contribution in [0.5, 0.6) is 11.5 Å². The Morgan fingerprint density at radius 2 is 1.38 bits per heavy atom. The quantitative estimate of drug-likeness (QED) is 0.501. The third-order valence-corrected chi connectivity index (χ3v) is 4.77. The standard InChI is InChI=1S/C21H31O5/c1-23-19-16-12-15-18(20(19)24-2)21(22)26-25-17-13-10-8-6-4-3-5-7-9-11-14-17/h12,15-16H,3-11,13-14H2,1-2H3. The summed E-state index contributed by atoms with van der Waals surface area (Å²) in [6.45, 7) is 0. The number of para-hydroxylation sites is 1. The molecule has 0 aliphatic heterocycles. The lowest BCUT2D eigenvalue weighted by molar-refractivity contribution is -0.237. The van der Waals surface area contributed by atoms with Crippen molar-refractivity contribution in [3.8, 4) is 11.5 Å². The molecule has 1 aliphatic carbocycles. The van der Waals surface area contributed by atoms with E-state index in [0.717, 1.165) is 31.8 Å². The van der Waals surface area contributed by atoms with E-state index in [9.17, 15) is 4.79 Å². The summed E-state index contributed by atoms with van der Waals surface area (Å²) in [6.07, 6.45) is 13.7. The Labute approximate surface area is 156 Å². The fourth-order valence-electron chi connectivity index (χ4n) is 3.28. The zero-order valence-electron chi connectivity index (χ0n) is 16.1. The molecule has 5 heteroatoms. The van der Waals surface area contributed by atoms with Crippen molar-refractivity contribution in [2.75, 3.05) is 14.2 Å². The van der Waals surface area contributed by atoms with Crippen LogP contribution in [0.15, 0.2) is 18.2 Å². The predicted octanol–water partition coefficient (Wildman–Crippen LogP) is 5.63. The van der Waals surface area contributed by atoms with E-state index in [4.69, 9.17) is 19.2 Å². The van der Waals surface area contributed by atoms with E-state index in [1.54, 1.807) is 18.2 Å². The number of carbonyl (C=O) groups excluding carboxylic acids is 1. The van der Waals surface area contributed by atoms with Crippen LogP contribution in [0.1, 0.15) is 81.0 Å². The minimum atomic E-state index is -0.570. The molecule has 0 unspecified atom stereocenters. The van der Waals surface area contributed by atoms with Crippen molar-refractivity contribution in [1.29, 1.82) is 0 Å². The molecule has 1 aromatic carbocycles. The van der Waals surface area contributed by atoms with Gasteiger partial charge in [0.2, 0.25) is 0 Å². The van der Waals surface area contributed by atoms with Crippen molar-refractivity contribution in [1.82, 2.24) is 0 Å². The van der Waals surface area contributed by atoms with E-state index < -0.39 is 5.97 Å². The Morgan fingerprint density at radius 1 is 0.808 bits per heavy atom. The molecule has 1 saturated carbocycles. The normalized spacial score (nSPS) is 17.6. The zero-order chi connectivity index (χ0) is 18.6. The second-order valence-corrected chi connectivity index (χ2v) is 6.72. The fourth-order valence-corrected chi connectivity index (χ4v) is 3.28. The van der Waals surface area contributed by atoms with Crippen LogP contribution >= 0.6 is 0 Å². The first kappa shape index (κ1) is 20.6. The van der Waals surface area contributed by atoms with Crippen LogP contribution in [0.25, 0.3) is 0 Å². The second-order valence-electron chi connectivity index (χ2n) is 6.72. The molecule has 5 nitrogen and oxygen atoms in total. The molecule has 1 radical (unpaired) electrons. The average Bonchev–Trinajstić information content (AvgIpc) is 2.66. The largest absolute Gasteiger partial charge is 0.493 e. The van der Waals surface area contributed by atoms with Gasteiger partial charge < -0.3 is 9.47 Å². The molecule has 0 bridgehead atoms. The summed E-state index contributed by atoms with van der Waals surface area (Å²) in [6, 6.07) is 5.10. The molecule has 1 aromatic rings. The summed E-state index contributed by atoms with van der Waals surface area (Å²) in [4.78, 5) is 23.0. The van der Waals surface area contributed by atoms with Gasteiger partial charge >= 0.3 is 5.97 Å². The molecule has 0 aromatic heterocycles. The molecule has 145 valence electrons. The van der Waals surface area contributed by atoms with Crippen molar-refractivity contribution in [3.05, 3.63) is 29.9 Å². The van der Waals surface area contributed by atoms with Gasteiger partial charge in [-0.3, -0.25) is 4.89 Å². The topological polar surface area (TPSA) is 54.0 Å². The number of hydrogen-bond acceptors (Lipinski definition) is 5. The third kappa shape index (κ3) is 6.52. The van der Waals surface area contributed by atoms with E-state index in [2.05, 4.69) is 0 Å². The summed E-state index contributed by atoms with van der Waals surface area (Å²) in [7, 11) is 3.03. The molecule has 0 spiro atoms. The minimum Gasteiger partial charge on any atom is -0.493 e. The molecular weight excluding hydrogens is 332 g/mol. The van der Waals surface area contributed by atoms with E-state index in [0.29, 0.717) is 17.1 Å². The highest BCUT2D eigenvalue weighted by Crippen LogP contribution is 2.32. The Balaban J connectivity index is 1.91. The molecule has 26 heavy (non-hydrogen) atoms. The summed E-state index contributed by atoms with van der Waals surface area (Å²) < 4.78 is 10.5. The molecule has 1 fully saturated rings. The van der Waals surface area contributed by atoms with Crippen LogP contribution < -0.4 is 9.47 Å². The van der Waals surface area contributed by atoms with Crippen molar-refractivity contribution < 1.29 is 24.0 Å². The first-order valence-corrected chi connectivity index (χ1v) is 9.70. The van der Waals surface area contributed by atoms with Crippen molar-refractivity contribution in [3.63, 3.8) is 0 Å². The number of ether oxygens (including phenoxy) is 2. The molecule has 0 amide bonds. The lowest BCUT2D eigenvalue weighted by Gasteiger charge is -2.16. The lowest BCUT2D eigenvalue weighted by atomic mass is 9.99. The molecule has 0 N–H and O–H groups in total. The van der Waals surface area contributed by atoms with Gasteiger partial charge in [-0.2, -0.15) is 4.89 Å². The van der Waals surface area contributed by atoms with Gasteiger partial charge in [-0.05, 0) is 25.0 Å². The van der Waals surface area contributed by atoms with Gasteiger partial charge in [0.25, 0.3) is 0 Å². The highest BCUT2D eigenvalue weighted by Gasteiger charge is 2.21. The number of benzene rings is 1. The maximum Gasteiger partial charge on any atom is 0.376 e. The Bertz CT molecular complexity index is 531. The minimum absolute atomic E-state index is 0.292. The van der Waals surface area contributed by atoms with Gasteiger partial charge in [0.15, 0.2) is 11.5 Å². The number of methoxy groups -OCH3 is 2. The maximum atomic E-state index is 12.4. The van der Waals surface area contributed by atoms with Crippen molar-refractivity contribution >= 4 is 5.97 Å². The number of hydrogen-bond donors (Lipinski definition) is 0. The van der Waals surface area contributed by atoms with Gasteiger partial charge in [-0.1, -0.05) is 63.9 Å². The molecule has 0 heterocycles. The maximum absolute atomic E-state index is 12.4. The fraction of sp³-hybridized carbons (Fsp3) is 0.619. The van der Waals surface area contributed by atoms with Crippen molar-refractivity contribution in [2.24, 2.45) is 0 Å². The zero-order valence-corrected chi connectivity index (χ0v) is 16.1. The number of rotatable bonds is 5. The monoisotopic (exact) mass is 363 g/mol. The van der Waals surface area contributed by atoms with E-state index in [-0.39, 0.29) is 0 Å². The summed E-state index contributed by atoms with van der Waals surface area (Å²) in [5.74, 6) is 0.271. The SMILES string of the molecule is COc1cccc(C(=O)OO[C]2CCCCCCCCCCC2)c1OC. The van der Waals surface area contributed by atoms with Gasteiger partial charge in [0, 0.05) is 0 Å². The van der Waals surface area contributed by atoms with Gasteiger partial charge in [0.1, 0.15) is 11.7 Å². The Kier molecular flexibility index (Phi) is 9.32. The predicted molar refractivity (Wildman–Crippen MR) is 100 cm³/mol. The first-order valence-electron chi connectivity index (χ1n) is 9.70. The second kappa shape index (κ2) is 11.8. The van der Waals surface area contributed by atoms with E-state index in [1.165, 1.54) is 59.2 Å². The van der Waals surface area contributed by atoms with E-state index >= 15 is 0 Å². The van der Waals surface area contributed by atoms with Crippen LogP contribution in [0.3, 0.4) is 0 Å². The van der Waals surface area contributed by atoms with E-state index in [1.807, 2.05) is 0 Å².